The van der Waals surface area contributed by atoms with Crippen LogP contribution in [0, 0.1) is 0 Å². The molecule has 0 amide bonds. The Kier molecular flexibility index (Phi) is 7.94. The summed E-state index contributed by atoms with van der Waals surface area (Å²) < 4.78 is 52.8. The van der Waals surface area contributed by atoms with Crippen molar-refractivity contribution < 1.29 is 32.5 Å². The molecule has 0 aliphatic rings. The number of aromatic nitrogens is 4. The zero-order valence-corrected chi connectivity index (χ0v) is 22.1. The number of aromatic hydroxyl groups is 1. The zero-order valence-electron chi connectivity index (χ0n) is 22.1. The average Bonchev–Trinajstić information content (AvgIpc) is 3.34. The van der Waals surface area contributed by atoms with Crippen LogP contribution in [0.2, 0.25) is 0 Å². The molecule has 0 bridgehead atoms. The summed E-state index contributed by atoms with van der Waals surface area (Å²) in [7, 11) is 0. The van der Waals surface area contributed by atoms with E-state index < -0.39 is 34.6 Å². The highest BCUT2D eigenvalue weighted by Crippen LogP contribution is 2.39. The number of esters is 1. The topological polar surface area (TPSA) is 99.4 Å². The fourth-order valence-electron chi connectivity index (χ4n) is 3.91. The summed E-state index contributed by atoms with van der Waals surface area (Å²) in [6, 6.07) is 16.5. The molecule has 1 N–H and O–H groups in total. The number of benzene rings is 3. The number of tetrazole rings is 1. The van der Waals surface area contributed by atoms with Crippen LogP contribution >= 0.6 is 0 Å². The highest BCUT2D eigenvalue weighted by molar-refractivity contribution is 5.95. The van der Waals surface area contributed by atoms with E-state index in [0.717, 1.165) is 22.8 Å². The van der Waals surface area contributed by atoms with Crippen molar-refractivity contribution in [1.29, 1.82) is 0 Å². The number of phenols is 1. The molecule has 1 aromatic heterocycles. The van der Waals surface area contributed by atoms with Crippen LogP contribution in [0.5, 0.6) is 11.5 Å². The molecular weight excluding hydrogens is 525 g/mol. The number of halogens is 3. The molecule has 0 saturated carbocycles. The maximum Gasteiger partial charge on any atom is 0.419 e. The quantitative estimate of drug-likeness (QED) is 0.198. The molecule has 40 heavy (non-hydrogen) atoms. The van der Waals surface area contributed by atoms with E-state index in [1.54, 1.807) is 43.7 Å². The molecule has 0 spiro atoms. The molecule has 0 fully saturated rings. The molecule has 11 heteroatoms. The highest BCUT2D eigenvalue weighted by Gasteiger charge is 2.37. The van der Waals surface area contributed by atoms with Gasteiger partial charge in [0, 0.05) is 11.1 Å². The van der Waals surface area contributed by atoms with Gasteiger partial charge in [0.05, 0.1) is 12.1 Å². The summed E-state index contributed by atoms with van der Waals surface area (Å²) in [4.78, 5) is 12.7. The van der Waals surface area contributed by atoms with Crippen molar-refractivity contribution in [3.8, 4) is 34.0 Å². The molecule has 3 aromatic carbocycles. The first kappa shape index (κ1) is 28.3. The van der Waals surface area contributed by atoms with Crippen LogP contribution in [0.4, 0.5) is 13.2 Å². The fraction of sp³-hybridized carbons (Fsp3) is 0.241. The SMILES string of the molecule is C=CCn1nnnc1-c1ccc(-c2ccc(OCc3ccc(C(F)(F)F)c(O)c3C(=O)OC(C)(C)C)cc2)cc1. The molecule has 0 aliphatic heterocycles. The summed E-state index contributed by atoms with van der Waals surface area (Å²) in [6.07, 6.45) is -3.15. The van der Waals surface area contributed by atoms with Gasteiger partial charge in [0.15, 0.2) is 5.82 Å². The third-order valence-electron chi connectivity index (χ3n) is 5.73. The molecule has 4 rings (SSSR count). The molecule has 0 aliphatic carbocycles. The lowest BCUT2D eigenvalue weighted by atomic mass is 10.0. The van der Waals surface area contributed by atoms with Gasteiger partial charge in [0.2, 0.25) is 0 Å². The average molecular weight is 553 g/mol. The first-order chi connectivity index (χ1) is 18.9. The lowest BCUT2D eigenvalue weighted by molar-refractivity contribution is -0.138. The van der Waals surface area contributed by atoms with Crippen molar-refractivity contribution in [3.05, 3.63) is 90.0 Å². The Balaban J connectivity index is 1.52. The van der Waals surface area contributed by atoms with Crippen LogP contribution < -0.4 is 4.74 Å². The van der Waals surface area contributed by atoms with E-state index in [0.29, 0.717) is 24.2 Å². The van der Waals surface area contributed by atoms with E-state index in [2.05, 4.69) is 22.1 Å². The fourth-order valence-corrected chi connectivity index (χ4v) is 3.91. The second kappa shape index (κ2) is 11.2. The second-order valence-corrected chi connectivity index (χ2v) is 9.86. The molecular formula is C29H27F3N4O4. The van der Waals surface area contributed by atoms with Gasteiger partial charge in [-0.25, -0.2) is 9.48 Å². The van der Waals surface area contributed by atoms with Crippen LogP contribution in [0.15, 0.2) is 73.3 Å². The number of hydrogen-bond donors (Lipinski definition) is 1. The van der Waals surface area contributed by atoms with Gasteiger partial charge in [-0.05, 0) is 60.5 Å². The molecule has 4 aromatic rings. The summed E-state index contributed by atoms with van der Waals surface area (Å²) in [5.41, 5.74) is -0.173. The van der Waals surface area contributed by atoms with Crippen molar-refractivity contribution in [3.63, 3.8) is 0 Å². The van der Waals surface area contributed by atoms with E-state index in [-0.39, 0.29) is 12.2 Å². The highest BCUT2D eigenvalue weighted by atomic mass is 19.4. The first-order valence-corrected chi connectivity index (χ1v) is 12.2. The Labute approximate surface area is 228 Å². The summed E-state index contributed by atoms with van der Waals surface area (Å²) >= 11 is 0. The Hall–Kier alpha value is -4.67. The van der Waals surface area contributed by atoms with E-state index in [4.69, 9.17) is 9.47 Å². The van der Waals surface area contributed by atoms with Crippen LogP contribution in [-0.4, -0.2) is 36.9 Å². The Morgan fingerprint density at radius 2 is 1.57 bits per heavy atom. The second-order valence-electron chi connectivity index (χ2n) is 9.86. The van der Waals surface area contributed by atoms with Gasteiger partial charge in [-0.2, -0.15) is 13.2 Å². The summed E-state index contributed by atoms with van der Waals surface area (Å²) in [6.45, 7) is 8.64. The van der Waals surface area contributed by atoms with E-state index in [1.165, 1.54) is 0 Å². The monoisotopic (exact) mass is 552 g/mol. The van der Waals surface area contributed by atoms with Crippen molar-refractivity contribution in [2.45, 2.75) is 45.7 Å². The number of rotatable bonds is 8. The number of carbonyl (C=O) groups is 1. The molecule has 0 unspecified atom stereocenters. The van der Waals surface area contributed by atoms with Gasteiger partial charge >= 0.3 is 12.1 Å². The number of allylic oxidation sites excluding steroid dienone is 1. The van der Waals surface area contributed by atoms with Crippen molar-refractivity contribution in [2.75, 3.05) is 0 Å². The van der Waals surface area contributed by atoms with Crippen molar-refractivity contribution in [1.82, 2.24) is 20.2 Å². The Morgan fingerprint density at radius 3 is 2.15 bits per heavy atom. The number of phenolic OH excluding ortho intramolecular Hbond substituents is 1. The molecule has 8 nitrogen and oxygen atoms in total. The van der Waals surface area contributed by atoms with Crippen LogP contribution in [0.1, 0.15) is 42.3 Å². The van der Waals surface area contributed by atoms with Gasteiger partial charge in [0.25, 0.3) is 0 Å². The summed E-state index contributed by atoms with van der Waals surface area (Å²) in [5, 5.41) is 22.1. The number of ether oxygens (including phenoxy) is 2. The van der Waals surface area contributed by atoms with E-state index in [9.17, 15) is 23.1 Å². The van der Waals surface area contributed by atoms with Gasteiger partial charge in [-0.1, -0.05) is 48.5 Å². The van der Waals surface area contributed by atoms with Crippen LogP contribution in [-0.2, 0) is 24.1 Å². The molecule has 0 saturated heterocycles. The zero-order chi connectivity index (χ0) is 29.1. The summed E-state index contributed by atoms with van der Waals surface area (Å²) in [5.74, 6) is -1.24. The number of carbonyl (C=O) groups excluding carboxylic acids is 1. The third kappa shape index (κ3) is 6.48. The number of nitrogens with zero attached hydrogens (tertiary/aromatic N) is 4. The van der Waals surface area contributed by atoms with Crippen LogP contribution in [0.25, 0.3) is 22.5 Å². The van der Waals surface area contributed by atoms with Gasteiger partial charge in [-0.15, -0.1) is 11.7 Å². The Bertz CT molecular complexity index is 1510. The largest absolute Gasteiger partial charge is 0.506 e. The smallest absolute Gasteiger partial charge is 0.419 e. The van der Waals surface area contributed by atoms with E-state index in [1.807, 2.05) is 36.4 Å². The minimum absolute atomic E-state index is 0.0539. The minimum Gasteiger partial charge on any atom is -0.506 e. The third-order valence-corrected chi connectivity index (χ3v) is 5.73. The number of hydrogen-bond acceptors (Lipinski definition) is 7. The molecule has 0 atom stereocenters. The van der Waals surface area contributed by atoms with Gasteiger partial charge in [-0.3, -0.25) is 0 Å². The lowest BCUT2D eigenvalue weighted by Crippen LogP contribution is -2.25. The molecule has 208 valence electrons. The van der Waals surface area contributed by atoms with E-state index >= 15 is 0 Å². The molecule has 1 heterocycles. The maximum absolute atomic E-state index is 13.4. The normalized spacial score (nSPS) is 11.8. The minimum atomic E-state index is -4.85. The van der Waals surface area contributed by atoms with Gasteiger partial charge < -0.3 is 14.6 Å². The standard InChI is InChI=1S/C29H27F3N4O4/c1-5-16-36-26(33-34-35-36)20-8-6-18(7-9-20)19-10-13-22(14-11-19)39-17-21-12-15-23(29(30,31)32)25(37)24(21)27(38)40-28(2,3)4/h5-15,37H,1,16-17H2,2-4H3. The first-order valence-electron chi connectivity index (χ1n) is 12.2. The predicted molar refractivity (Wildman–Crippen MR) is 141 cm³/mol. The number of alkyl halides is 3. The lowest BCUT2D eigenvalue weighted by Gasteiger charge is -2.22. The predicted octanol–water partition coefficient (Wildman–Crippen LogP) is 6.45. The molecule has 0 radical (unpaired) electrons. The van der Waals surface area contributed by atoms with Crippen molar-refractivity contribution in [2.24, 2.45) is 0 Å². The van der Waals surface area contributed by atoms with Crippen LogP contribution in [0.3, 0.4) is 0 Å². The Morgan fingerprint density at radius 1 is 0.975 bits per heavy atom. The van der Waals surface area contributed by atoms with Crippen molar-refractivity contribution >= 4 is 5.97 Å². The van der Waals surface area contributed by atoms with Gasteiger partial charge in [0.1, 0.15) is 29.3 Å². The maximum atomic E-state index is 13.4.